The summed E-state index contributed by atoms with van der Waals surface area (Å²) in [5, 5.41) is 0. The van der Waals surface area contributed by atoms with Crippen molar-refractivity contribution in [1.29, 1.82) is 0 Å². The van der Waals surface area contributed by atoms with Crippen LogP contribution in [-0.2, 0) is 0 Å². The van der Waals surface area contributed by atoms with Gasteiger partial charge >= 0.3 is 6.36 Å². The summed E-state index contributed by atoms with van der Waals surface area (Å²) < 4.78 is 38.6. The first-order chi connectivity index (χ1) is 5.90. The number of ether oxygens (including phenoxy) is 1. The van der Waals surface area contributed by atoms with E-state index in [-0.39, 0.29) is 11.4 Å². The fourth-order valence-electron chi connectivity index (χ4n) is 0.659. The molecule has 0 saturated heterocycles. The van der Waals surface area contributed by atoms with Gasteiger partial charge in [0.15, 0.2) is 0 Å². The molecule has 1 aromatic heterocycles. The minimum Gasteiger partial charge on any atom is -0.397 e. The van der Waals surface area contributed by atoms with Crippen molar-refractivity contribution in [2.24, 2.45) is 0 Å². The number of pyridine rings is 1. The van der Waals surface area contributed by atoms with Gasteiger partial charge < -0.3 is 16.2 Å². The average molecular weight is 193 g/mol. The molecule has 0 saturated carbocycles. The maximum absolute atomic E-state index is 11.7. The molecule has 0 aliphatic rings. The molecule has 4 nitrogen and oxygen atoms in total. The van der Waals surface area contributed by atoms with E-state index in [4.69, 9.17) is 11.5 Å². The summed E-state index contributed by atoms with van der Waals surface area (Å²) in [7, 11) is 0. The zero-order valence-electron chi connectivity index (χ0n) is 6.30. The van der Waals surface area contributed by atoms with E-state index in [1.165, 1.54) is 6.07 Å². The topological polar surface area (TPSA) is 74.2 Å². The highest BCUT2D eigenvalue weighted by molar-refractivity contribution is 5.67. The molecule has 0 atom stereocenters. The van der Waals surface area contributed by atoms with Crippen LogP contribution < -0.4 is 16.2 Å². The Morgan fingerprint density at radius 3 is 2.46 bits per heavy atom. The molecule has 0 fully saturated rings. The van der Waals surface area contributed by atoms with Gasteiger partial charge in [-0.25, -0.2) is 4.98 Å². The lowest BCUT2D eigenvalue weighted by Gasteiger charge is -2.10. The van der Waals surface area contributed by atoms with Gasteiger partial charge in [-0.05, 0) is 6.07 Å². The third kappa shape index (κ3) is 2.39. The minimum atomic E-state index is -4.81. The van der Waals surface area contributed by atoms with Crippen molar-refractivity contribution >= 4 is 11.4 Å². The third-order valence-corrected chi connectivity index (χ3v) is 1.20. The van der Waals surface area contributed by atoms with E-state index < -0.39 is 12.2 Å². The average Bonchev–Trinajstić information content (AvgIpc) is 1.96. The molecule has 0 unspecified atom stereocenters. The Morgan fingerprint density at radius 1 is 1.31 bits per heavy atom. The number of hydrogen-bond acceptors (Lipinski definition) is 4. The first kappa shape index (κ1) is 9.43. The van der Waals surface area contributed by atoms with E-state index in [9.17, 15) is 13.2 Å². The van der Waals surface area contributed by atoms with Crippen molar-refractivity contribution in [2.75, 3.05) is 11.5 Å². The van der Waals surface area contributed by atoms with Crippen LogP contribution in [0.5, 0.6) is 5.88 Å². The highest BCUT2D eigenvalue weighted by Gasteiger charge is 2.32. The van der Waals surface area contributed by atoms with Gasteiger partial charge in [-0.1, -0.05) is 0 Å². The molecule has 0 aromatic carbocycles. The zero-order valence-corrected chi connectivity index (χ0v) is 6.30. The van der Waals surface area contributed by atoms with Crippen molar-refractivity contribution < 1.29 is 17.9 Å². The molecule has 0 bridgehead atoms. The number of alkyl halides is 3. The summed E-state index contributed by atoms with van der Waals surface area (Å²) in [5.74, 6) is -0.729. The molecule has 13 heavy (non-hydrogen) atoms. The lowest BCUT2D eigenvalue weighted by Crippen LogP contribution is -2.19. The van der Waals surface area contributed by atoms with Crippen LogP contribution in [0.4, 0.5) is 24.5 Å². The van der Waals surface area contributed by atoms with E-state index in [1.807, 2.05) is 0 Å². The van der Waals surface area contributed by atoms with Crippen molar-refractivity contribution in [3.05, 3.63) is 12.3 Å². The number of hydrogen-bond donors (Lipinski definition) is 2. The van der Waals surface area contributed by atoms with Gasteiger partial charge in [0.25, 0.3) is 0 Å². The standard InChI is InChI=1S/C6H6F3N3O/c7-6(8,9)13-5-4(11)3(10)1-2-12-5/h1-2H,11H2,(H2,10,12). The van der Waals surface area contributed by atoms with Crippen LogP contribution in [0.3, 0.4) is 0 Å². The lowest BCUT2D eigenvalue weighted by molar-refractivity contribution is -0.275. The maximum Gasteiger partial charge on any atom is 0.574 e. The molecule has 1 heterocycles. The molecule has 0 radical (unpaired) electrons. The Labute approximate surface area is 71.3 Å². The number of aromatic nitrogens is 1. The molecule has 0 spiro atoms. The molecular weight excluding hydrogens is 187 g/mol. The Kier molecular flexibility index (Phi) is 2.18. The van der Waals surface area contributed by atoms with E-state index in [0.717, 1.165) is 6.20 Å². The first-order valence-corrected chi connectivity index (χ1v) is 3.16. The van der Waals surface area contributed by atoms with Crippen LogP contribution in [0.2, 0.25) is 0 Å². The molecule has 1 rings (SSSR count). The van der Waals surface area contributed by atoms with Crippen LogP contribution in [0.15, 0.2) is 12.3 Å². The van der Waals surface area contributed by atoms with Gasteiger partial charge in [0, 0.05) is 6.20 Å². The fourth-order valence-corrected chi connectivity index (χ4v) is 0.659. The number of rotatable bonds is 1. The smallest absolute Gasteiger partial charge is 0.397 e. The molecule has 0 aliphatic carbocycles. The summed E-state index contributed by atoms with van der Waals surface area (Å²) in [5.41, 5.74) is 10.1. The van der Waals surface area contributed by atoms with Crippen molar-refractivity contribution in [3.8, 4) is 5.88 Å². The molecule has 7 heteroatoms. The molecule has 1 aromatic rings. The zero-order chi connectivity index (χ0) is 10.1. The Bertz CT molecular complexity index is 312. The maximum atomic E-state index is 11.7. The fraction of sp³-hybridized carbons (Fsp3) is 0.167. The molecule has 0 amide bonds. The summed E-state index contributed by atoms with van der Waals surface area (Å²) in [6.45, 7) is 0. The van der Waals surface area contributed by atoms with E-state index >= 15 is 0 Å². The second kappa shape index (κ2) is 3.00. The summed E-state index contributed by atoms with van der Waals surface area (Å²) in [6.07, 6.45) is -3.73. The summed E-state index contributed by atoms with van der Waals surface area (Å²) in [6, 6.07) is 1.28. The third-order valence-electron chi connectivity index (χ3n) is 1.20. The molecular formula is C6H6F3N3O. The van der Waals surface area contributed by atoms with Gasteiger partial charge in [0.05, 0.1) is 5.69 Å². The van der Waals surface area contributed by atoms with Crippen molar-refractivity contribution in [1.82, 2.24) is 4.98 Å². The number of halogens is 3. The normalized spacial score (nSPS) is 11.3. The van der Waals surface area contributed by atoms with Crippen molar-refractivity contribution in [3.63, 3.8) is 0 Å². The minimum absolute atomic E-state index is 0.00532. The second-order valence-corrected chi connectivity index (χ2v) is 2.17. The van der Waals surface area contributed by atoms with Gasteiger partial charge in [0.1, 0.15) is 5.69 Å². The predicted octanol–water partition coefficient (Wildman–Crippen LogP) is 1.14. The molecule has 4 N–H and O–H groups in total. The number of nitrogen functional groups attached to an aromatic ring is 2. The highest BCUT2D eigenvalue weighted by Crippen LogP contribution is 2.29. The number of nitrogens with two attached hydrogens (primary N) is 2. The van der Waals surface area contributed by atoms with Crippen LogP contribution in [0, 0.1) is 0 Å². The monoisotopic (exact) mass is 193 g/mol. The Balaban J connectivity index is 2.96. The SMILES string of the molecule is Nc1ccnc(OC(F)(F)F)c1N. The summed E-state index contributed by atoms with van der Waals surface area (Å²) >= 11 is 0. The van der Waals surface area contributed by atoms with Crippen LogP contribution in [0.25, 0.3) is 0 Å². The number of nitrogens with zero attached hydrogens (tertiary/aromatic N) is 1. The van der Waals surface area contributed by atoms with Crippen molar-refractivity contribution in [2.45, 2.75) is 6.36 Å². The molecule has 0 aliphatic heterocycles. The highest BCUT2D eigenvalue weighted by atomic mass is 19.4. The first-order valence-electron chi connectivity index (χ1n) is 3.16. The van der Waals surface area contributed by atoms with Crippen LogP contribution >= 0.6 is 0 Å². The second-order valence-electron chi connectivity index (χ2n) is 2.17. The van der Waals surface area contributed by atoms with E-state index in [0.29, 0.717) is 0 Å². The largest absolute Gasteiger partial charge is 0.574 e. The van der Waals surface area contributed by atoms with Gasteiger partial charge in [-0.3, -0.25) is 0 Å². The van der Waals surface area contributed by atoms with Crippen LogP contribution in [-0.4, -0.2) is 11.3 Å². The van der Waals surface area contributed by atoms with Gasteiger partial charge in [-0.2, -0.15) is 0 Å². The van der Waals surface area contributed by atoms with Gasteiger partial charge in [-0.15, -0.1) is 13.2 Å². The molecule has 72 valence electrons. The Hall–Kier alpha value is -1.66. The Morgan fingerprint density at radius 2 is 1.92 bits per heavy atom. The van der Waals surface area contributed by atoms with E-state index in [1.54, 1.807) is 0 Å². The van der Waals surface area contributed by atoms with Gasteiger partial charge in [0.2, 0.25) is 5.88 Å². The van der Waals surface area contributed by atoms with Crippen LogP contribution in [0.1, 0.15) is 0 Å². The predicted molar refractivity (Wildman–Crippen MR) is 39.7 cm³/mol. The van der Waals surface area contributed by atoms with E-state index in [2.05, 4.69) is 9.72 Å². The summed E-state index contributed by atoms with van der Waals surface area (Å²) in [4.78, 5) is 3.28. The quantitative estimate of drug-likeness (QED) is 0.701. The lowest BCUT2D eigenvalue weighted by atomic mass is 10.3. The number of anilines is 2.